The lowest BCUT2D eigenvalue weighted by atomic mass is 10.1. The third-order valence-corrected chi connectivity index (χ3v) is 6.81. The van der Waals surface area contributed by atoms with E-state index < -0.39 is 5.91 Å². The van der Waals surface area contributed by atoms with E-state index in [0.717, 1.165) is 22.6 Å². The summed E-state index contributed by atoms with van der Waals surface area (Å²) in [5, 5.41) is 28.7. The van der Waals surface area contributed by atoms with Crippen LogP contribution in [0.5, 0.6) is 5.75 Å². The highest BCUT2D eigenvalue weighted by Gasteiger charge is 2.17. The summed E-state index contributed by atoms with van der Waals surface area (Å²) in [5.41, 5.74) is 3.39. The number of benzene rings is 3. The number of phenolic OH excluding ortho intramolecular Hbond substituents is 1. The SMILES string of the molecule is Cc1cc(NC(=O)c2ccc(C(=O)Nc3nnc(-c4cc(Cl)cc(Cl)c4O)s3)cc2)ccc1-n1cncn1. The molecule has 0 unspecified atom stereocenters. The molecule has 0 saturated heterocycles. The van der Waals surface area contributed by atoms with Crippen molar-refractivity contribution >= 4 is 57.2 Å². The van der Waals surface area contributed by atoms with Crippen molar-refractivity contribution in [3.8, 4) is 22.0 Å². The largest absolute Gasteiger partial charge is 0.506 e. The number of nitrogens with one attached hydrogen (secondary N) is 2. The summed E-state index contributed by atoms with van der Waals surface area (Å²) in [6.07, 6.45) is 3.05. The number of halogens is 2. The van der Waals surface area contributed by atoms with Crippen LogP contribution in [0.3, 0.4) is 0 Å². The smallest absolute Gasteiger partial charge is 0.257 e. The summed E-state index contributed by atoms with van der Waals surface area (Å²) in [7, 11) is 0. The Hall–Kier alpha value is -4.32. The Morgan fingerprint density at radius 1 is 0.947 bits per heavy atom. The van der Waals surface area contributed by atoms with Crippen LogP contribution in [0, 0.1) is 6.92 Å². The minimum atomic E-state index is -0.438. The third kappa shape index (κ3) is 5.35. The standard InChI is InChI=1S/C25H17Cl2N7O3S/c1-13-8-17(6-7-20(13)34-12-28-11-29-34)30-22(36)14-2-4-15(5-3-14)23(37)31-25-33-32-24(38-25)18-9-16(26)10-19(27)21(18)35/h2-12,35H,1H3,(H,30,36)(H,31,33,37). The summed E-state index contributed by atoms with van der Waals surface area (Å²) in [4.78, 5) is 29.4. The zero-order chi connectivity index (χ0) is 26.8. The van der Waals surface area contributed by atoms with Crippen LogP contribution in [-0.4, -0.2) is 41.9 Å². The summed E-state index contributed by atoms with van der Waals surface area (Å²) in [6, 6.07) is 14.5. The van der Waals surface area contributed by atoms with Gasteiger partial charge in [0.15, 0.2) is 5.01 Å². The number of hydrogen-bond acceptors (Lipinski definition) is 8. The Morgan fingerprint density at radius 3 is 2.32 bits per heavy atom. The van der Waals surface area contributed by atoms with Crippen LogP contribution in [0.15, 0.2) is 67.3 Å². The second kappa shape index (κ2) is 10.6. The summed E-state index contributed by atoms with van der Waals surface area (Å²) in [5.74, 6) is -0.939. The molecular formula is C25H17Cl2N7O3S. The van der Waals surface area contributed by atoms with Crippen LogP contribution >= 0.6 is 34.5 Å². The van der Waals surface area contributed by atoms with Gasteiger partial charge in [-0.05, 0) is 67.1 Å². The van der Waals surface area contributed by atoms with E-state index in [1.165, 1.54) is 30.6 Å². The monoisotopic (exact) mass is 565 g/mol. The zero-order valence-electron chi connectivity index (χ0n) is 19.5. The first-order valence-corrected chi connectivity index (χ1v) is 12.6. The van der Waals surface area contributed by atoms with Gasteiger partial charge in [0.25, 0.3) is 11.8 Å². The quantitative estimate of drug-likeness (QED) is 0.243. The summed E-state index contributed by atoms with van der Waals surface area (Å²) >= 11 is 13.0. The van der Waals surface area contributed by atoms with Gasteiger partial charge in [0, 0.05) is 21.8 Å². The van der Waals surface area contributed by atoms with Gasteiger partial charge in [0.05, 0.1) is 16.3 Å². The van der Waals surface area contributed by atoms with Crippen LogP contribution in [0.1, 0.15) is 26.3 Å². The van der Waals surface area contributed by atoms with E-state index in [0.29, 0.717) is 32.4 Å². The van der Waals surface area contributed by atoms with Crippen LogP contribution in [-0.2, 0) is 0 Å². The molecule has 0 aliphatic rings. The van der Waals surface area contributed by atoms with Gasteiger partial charge < -0.3 is 10.4 Å². The Morgan fingerprint density at radius 2 is 1.66 bits per heavy atom. The van der Waals surface area contributed by atoms with E-state index in [9.17, 15) is 14.7 Å². The number of carbonyl (C=O) groups is 2. The van der Waals surface area contributed by atoms with Crippen LogP contribution in [0.25, 0.3) is 16.3 Å². The Bertz CT molecular complexity index is 1650. The van der Waals surface area contributed by atoms with E-state index in [-0.39, 0.29) is 21.8 Å². The van der Waals surface area contributed by atoms with Gasteiger partial charge in [-0.2, -0.15) is 5.10 Å². The van der Waals surface area contributed by atoms with Crippen molar-refractivity contribution in [2.75, 3.05) is 10.6 Å². The fraction of sp³-hybridized carbons (Fsp3) is 0.0400. The second-order valence-electron chi connectivity index (χ2n) is 8.02. The van der Waals surface area contributed by atoms with Gasteiger partial charge >= 0.3 is 0 Å². The number of aryl methyl sites for hydroxylation is 1. The van der Waals surface area contributed by atoms with Crippen molar-refractivity contribution in [2.45, 2.75) is 6.92 Å². The Kier molecular flexibility index (Phi) is 7.05. The molecule has 5 aromatic rings. The average molecular weight is 566 g/mol. The molecule has 13 heteroatoms. The normalized spacial score (nSPS) is 10.8. The molecule has 0 spiro atoms. The van der Waals surface area contributed by atoms with Crippen LogP contribution in [0.2, 0.25) is 10.0 Å². The lowest BCUT2D eigenvalue weighted by Gasteiger charge is -2.10. The number of hydrogen-bond donors (Lipinski definition) is 3. The maximum Gasteiger partial charge on any atom is 0.257 e. The van der Waals surface area contributed by atoms with Gasteiger partial charge in [-0.15, -0.1) is 10.2 Å². The number of amides is 2. The van der Waals surface area contributed by atoms with Gasteiger partial charge in [-0.3, -0.25) is 14.9 Å². The van der Waals surface area contributed by atoms with E-state index in [1.807, 2.05) is 19.1 Å². The Labute approximate surface area is 229 Å². The highest BCUT2D eigenvalue weighted by Crippen LogP contribution is 2.39. The molecule has 5 rings (SSSR count). The molecule has 2 amide bonds. The number of nitrogens with zero attached hydrogens (tertiary/aromatic N) is 5. The molecule has 10 nitrogen and oxygen atoms in total. The molecule has 0 saturated carbocycles. The molecule has 0 radical (unpaired) electrons. The fourth-order valence-corrected chi connectivity index (χ4v) is 4.83. The maximum absolute atomic E-state index is 12.7. The molecule has 2 heterocycles. The first kappa shape index (κ1) is 25.3. The molecule has 3 N–H and O–H groups in total. The third-order valence-electron chi connectivity index (χ3n) is 5.43. The molecule has 0 atom stereocenters. The predicted octanol–water partition coefficient (Wildman–Crippen LogP) is 5.61. The minimum Gasteiger partial charge on any atom is -0.506 e. The van der Waals surface area contributed by atoms with E-state index in [2.05, 4.69) is 30.9 Å². The molecule has 38 heavy (non-hydrogen) atoms. The number of rotatable bonds is 6. The van der Waals surface area contributed by atoms with Crippen molar-refractivity contribution in [3.05, 3.63) is 94.0 Å². The van der Waals surface area contributed by atoms with Crippen LogP contribution in [0.4, 0.5) is 10.8 Å². The van der Waals surface area contributed by atoms with Crippen molar-refractivity contribution in [1.82, 2.24) is 25.0 Å². The highest BCUT2D eigenvalue weighted by atomic mass is 35.5. The first-order chi connectivity index (χ1) is 18.3. The molecule has 0 fully saturated rings. The topological polar surface area (TPSA) is 135 Å². The molecule has 0 aliphatic carbocycles. The Balaban J connectivity index is 1.24. The zero-order valence-corrected chi connectivity index (χ0v) is 21.8. The maximum atomic E-state index is 12.7. The number of anilines is 2. The van der Waals surface area contributed by atoms with E-state index >= 15 is 0 Å². The number of carbonyl (C=O) groups excluding carboxylic acids is 2. The van der Waals surface area contributed by atoms with Gasteiger partial charge in [-0.1, -0.05) is 34.5 Å². The van der Waals surface area contributed by atoms with Gasteiger partial charge in [0.1, 0.15) is 18.4 Å². The van der Waals surface area contributed by atoms with Gasteiger partial charge in [0.2, 0.25) is 5.13 Å². The minimum absolute atomic E-state index is 0.0799. The van der Waals surface area contributed by atoms with Crippen LogP contribution < -0.4 is 10.6 Å². The van der Waals surface area contributed by atoms with E-state index in [1.54, 1.807) is 29.2 Å². The van der Waals surface area contributed by atoms with Gasteiger partial charge in [-0.25, -0.2) is 9.67 Å². The lowest BCUT2D eigenvalue weighted by Crippen LogP contribution is -2.14. The van der Waals surface area contributed by atoms with Crippen molar-refractivity contribution < 1.29 is 14.7 Å². The van der Waals surface area contributed by atoms with Crippen molar-refractivity contribution in [3.63, 3.8) is 0 Å². The van der Waals surface area contributed by atoms with Crippen molar-refractivity contribution in [2.24, 2.45) is 0 Å². The predicted molar refractivity (Wildman–Crippen MR) is 145 cm³/mol. The molecule has 190 valence electrons. The summed E-state index contributed by atoms with van der Waals surface area (Å²) in [6.45, 7) is 1.91. The molecule has 0 bridgehead atoms. The number of aromatic hydroxyl groups is 1. The molecule has 0 aliphatic heterocycles. The number of phenols is 1. The molecule has 3 aromatic carbocycles. The van der Waals surface area contributed by atoms with Crippen molar-refractivity contribution in [1.29, 1.82) is 0 Å². The lowest BCUT2D eigenvalue weighted by molar-refractivity contribution is 0.101. The molecular weight excluding hydrogens is 549 g/mol. The fourth-order valence-electron chi connectivity index (χ4n) is 3.58. The van der Waals surface area contributed by atoms with E-state index in [4.69, 9.17) is 23.2 Å². The summed E-state index contributed by atoms with van der Waals surface area (Å²) < 4.78 is 1.64. The second-order valence-corrected chi connectivity index (χ2v) is 9.84. The average Bonchev–Trinajstić information content (AvgIpc) is 3.59. The highest BCUT2D eigenvalue weighted by molar-refractivity contribution is 7.18. The first-order valence-electron chi connectivity index (χ1n) is 11.0. The number of aromatic nitrogens is 5. The molecule has 2 aromatic heterocycles.